The van der Waals surface area contributed by atoms with E-state index < -0.39 is 18.0 Å². The van der Waals surface area contributed by atoms with Crippen molar-refractivity contribution in [3.05, 3.63) is 48.4 Å². The zero-order chi connectivity index (χ0) is 24.5. The number of carbonyl (C=O) groups is 2. The molecule has 2 aromatic carbocycles. The zero-order valence-corrected chi connectivity index (χ0v) is 20.1. The molecule has 5 rings (SSSR count). The second-order valence-corrected chi connectivity index (χ2v) is 8.60. The van der Waals surface area contributed by atoms with Gasteiger partial charge in [0.15, 0.2) is 23.6 Å². The van der Waals surface area contributed by atoms with E-state index >= 15 is 0 Å². The number of methoxy groups -OCH3 is 1. The summed E-state index contributed by atoms with van der Waals surface area (Å²) < 4.78 is 16.3. The quantitative estimate of drug-likeness (QED) is 0.342. The second kappa shape index (κ2) is 9.37. The Labute approximate surface area is 205 Å². The fraction of sp³-hybridized carbons (Fsp3) is 0.304. The van der Waals surface area contributed by atoms with Crippen LogP contribution in [0.1, 0.15) is 12.8 Å². The van der Waals surface area contributed by atoms with Gasteiger partial charge in [-0.15, -0.1) is 11.8 Å². The Balaban J connectivity index is 1.34. The van der Waals surface area contributed by atoms with Gasteiger partial charge in [-0.3, -0.25) is 14.6 Å². The molecule has 0 saturated carbocycles. The summed E-state index contributed by atoms with van der Waals surface area (Å²) in [5.41, 5.74) is 1.19. The molecular formula is C23H22N6O5S. The molecular weight excluding hydrogens is 472 g/mol. The number of benzene rings is 2. The summed E-state index contributed by atoms with van der Waals surface area (Å²) in [6, 6.07) is 10.8. The van der Waals surface area contributed by atoms with E-state index in [9.17, 15) is 9.59 Å². The Morgan fingerprint density at radius 3 is 2.74 bits per heavy atom. The summed E-state index contributed by atoms with van der Waals surface area (Å²) in [5.74, 6) is 0.945. The molecule has 2 amide bonds. The molecule has 1 aromatic heterocycles. The van der Waals surface area contributed by atoms with Gasteiger partial charge in [-0.05, 0) is 49.6 Å². The summed E-state index contributed by atoms with van der Waals surface area (Å²) >= 11 is 1.53. The predicted molar refractivity (Wildman–Crippen MR) is 126 cm³/mol. The van der Waals surface area contributed by atoms with Crippen LogP contribution >= 0.6 is 11.8 Å². The van der Waals surface area contributed by atoms with E-state index in [-0.39, 0.29) is 18.3 Å². The maximum atomic E-state index is 13.2. The van der Waals surface area contributed by atoms with Crippen LogP contribution in [0.5, 0.6) is 11.5 Å². The van der Waals surface area contributed by atoms with Crippen molar-refractivity contribution >= 4 is 29.3 Å². The number of thioether (sulfide) groups is 1. The Hall–Kier alpha value is -3.93. The minimum absolute atomic E-state index is 0.0313. The van der Waals surface area contributed by atoms with Gasteiger partial charge >= 0.3 is 0 Å². The molecule has 35 heavy (non-hydrogen) atoms. The van der Waals surface area contributed by atoms with E-state index in [2.05, 4.69) is 20.5 Å². The molecule has 2 aliphatic rings. The zero-order valence-electron chi connectivity index (χ0n) is 19.2. The Bertz CT molecular complexity index is 1310. The van der Waals surface area contributed by atoms with Gasteiger partial charge in [0.05, 0.1) is 19.4 Å². The van der Waals surface area contributed by atoms with E-state index in [1.54, 1.807) is 37.4 Å². The summed E-state index contributed by atoms with van der Waals surface area (Å²) in [7, 11) is 1.55. The average molecular weight is 495 g/mol. The predicted octanol–water partition coefficient (Wildman–Crippen LogP) is 3.36. The molecule has 0 N–H and O–H groups in total. The lowest BCUT2D eigenvalue weighted by Gasteiger charge is -2.19. The number of hydrogen-bond donors (Lipinski definition) is 0. The molecule has 0 unspecified atom stereocenters. The van der Waals surface area contributed by atoms with E-state index in [0.29, 0.717) is 35.2 Å². The molecule has 3 aromatic rings. The first-order chi connectivity index (χ1) is 17.0. The number of anilines is 1. The number of nitrogens with zero attached hydrogens (tertiary/aromatic N) is 6. The molecule has 11 nitrogen and oxygen atoms in total. The maximum absolute atomic E-state index is 13.2. The minimum Gasteiger partial charge on any atom is -0.493 e. The lowest BCUT2D eigenvalue weighted by Crippen LogP contribution is -2.39. The third-order valence-electron chi connectivity index (χ3n) is 5.66. The Morgan fingerprint density at radius 2 is 1.97 bits per heavy atom. The van der Waals surface area contributed by atoms with E-state index in [0.717, 1.165) is 4.90 Å². The summed E-state index contributed by atoms with van der Waals surface area (Å²) in [4.78, 5) is 32.7. The van der Waals surface area contributed by atoms with Crippen LogP contribution in [0, 0.1) is 0 Å². The van der Waals surface area contributed by atoms with Crippen LogP contribution in [0.4, 0.5) is 5.69 Å². The van der Waals surface area contributed by atoms with Gasteiger partial charge in [0.1, 0.15) is 6.54 Å². The number of amides is 2. The first-order valence-corrected chi connectivity index (χ1v) is 12.1. The molecule has 0 aliphatic carbocycles. The lowest BCUT2D eigenvalue weighted by molar-refractivity contribution is -0.123. The number of aromatic nitrogens is 2. The van der Waals surface area contributed by atoms with Gasteiger partial charge in [0.2, 0.25) is 11.7 Å². The van der Waals surface area contributed by atoms with Gasteiger partial charge in [-0.1, -0.05) is 16.4 Å². The molecule has 2 aliphatic heterocycles. The highest BCUT2D eigenvalue weighted by molar-refractivity contribution is 7.98. The van der Waals surface area contributed by atoms with Crippen LogP contribution in [-0.4, -0.2) is 59.0 Å². The molecule has 3 heterocycles. The molecule has 2 atom stereocenters. The fourth-order valence-corrected chi connectivity index (χ4v) is 4.47. The van der Waals surface area contributed by atoms with Crippen molar-refractivity contribution in [2.24, 2.45) is 10.3 Å². The maximum Gasteiger partial charge on any atom is 0.263 e. The highest BCUT2D eigenvalue weighted by atomic mass is 32.2. The summed E-state index contributed by atoms with van der Waals surface area (Å²) in [5, 5.41) is 13.5. The highest BCUT2D eigenvalue weighted by Gasteiger charge is 2.55. The van der Waals surface area contributed by atoms with Crippen molar-refractivity contribution < 1.29 is 23.6 Å². The van der Waals surface area contributed by atoms with Crippen molar-refractivity contribution in [1.29, 1.82) is 0 Å². The van der Waals surface area contributed by atoms with Crippen LogP contribution in [0.15, 0.2) is 62.2 Å². The van der Waals surface area contributed by atoms with Crippen LogP contribution < -0.4 is 14.4 Å². The van der Waals surface area contributed by atoms with Crippen molar-refractivity contribution in [2.75, 3.05) is 24.9 Å². The third-order valence-corrected chi connectivity index (χ3v) is 6.38. The summed E-state index contributed by atoms with van der Waals surface area (Å²) in [6.07, 6.45) is 1.93. The monoisotopic (exact) mass is 494 g/mol. The van der Waals surface area contributed by atoms with Crippen LogP contribution in [0.25, 0.3) is 11.4 Å². The smallest absolute Gasteiger partial charge is 0.263 e. The van der Waals surface area contributed by atoms with Crippen molar-refractivity contribution in [3.8, 4) is 22.9 Å². The van der Waals surface area contributed by atoms with Crippen molar-refractivity contribution in [1.82, 2.24) is 15.1 Å². The van der Waals surface area contributed by atoms with E-state index in [1.165, 1.54) is 21.7 Å². The van der Waals surface area contributed by atoms with Gasteiger partial charge in [-0.25, -0.2) is 4.90 Å². The molecule has 0 bridgehead atoms. The van der Waals surface area contributed by atoms with Gasteiger partial charge < -0.3 is 14.0 Å². The van der Waals surface area contributed by atoms with E-state index in [1.807, 2.05) is 25.3 Å². The van der Waals surface area contributed by atoms with Crippen LogP contribution in [-0.2, 0) is 16.1 Å². The Kier molecular flexibility index (Phi) is 6.12. The normalized spacial score (nSPS) is 18.9. The van der Waals surface area contributed by atoms with Gasteiger partial charge in [-0.2, -0.15) is 10.1 Å². The van der Waals surface area contributed by atoms with Gasteiger partial charge in [0.25, 0.3) is 11.8 Å². The standard InChI is InChI=1S/C23H22N6O5S/c1-4-33-16-9-8-13(10-17(16)32-2)21-24-18(34-26-21)12-28-20-19(25-27-28)22(30)29(23(20)31)14-6-5-7-15(11-14)35-3/h5-11,19-20H,4,12H2,1-3H3/t19-,20-/m0/s1. The van der Waals surface area contributed by atoms with Crippen LogP contribution in [0.3, 0.4) is 0 Å². The average Bonchev–Trinajstić information content (AvgIpc) is 3.57. The molecule has 1 fully saturated rings. The first-order valence-electron chi connectivity index (χ1n) is 10.9. The number of imide groups is 1. The molecule has 12 heteroatoms. The van der Waals surface area contributed by atoms with Crippen molar-refractivity contribution in [2.45, 2.75) is 30.4 Å². The first kappa shape index (κ1) is 22.8. The van der Waals surface area contributed by atoms with Gasteiger partial charge in [0, 0.05) is 10.5 Å². The van der Waals surface area contributed by atoms with Crippen molar-refractivity contribution in [3.63, 3.8) is 0 Å². The van der Waals surface area contributed by atoms with E-state index in [4.69, 9.17) is 14.0 Å². The Morgan fingerprint density at radius 1 is 1.11 bits per heavy atom. The highest BCUT2D eigenvalue weighted by Crippen LogP contribution is 2.35. The molecule has 180 valence electrons. The number of carbonyl (C=O) groups excluding carboxylic acids is 2. The third kappa shape index (κ3) is 4.09. The number of hydrogen-bond acceptors (Lipinski definition) is 11. The SMILES string of the molecule is CCOc1ccc(-c2noc(CN3N=N[C@@H]4C(=O)N(c5cccc(SC)c5)C(=O)[C@H]43)n2)cc1OC. The molecule has 1 saturated heterocycles. The largest absolute Gasteiger partial charge is 0.493 e. The summed E-state index contributed by atoms with van der Waals surface area (Å²) in [6.45, 7) is 2.43. The molecule has 0 radical (unpaired) electrons. The number of rotatable bonds is 8. The number of fused-ring (bicyclic) bond motifs is 1. The fourth-order valence-electron chi connectivity index (χ4n) is 4.01. The second-order valence-electron chi connectivity index (χ2n) is 7.72. The minimum atomic E-state index is -0.904. The van der Waals surface area contributed by atoms with Crippen LogP contribution in [0.2, 0.25) is 0 Å². The number of ether oxygens (including phenoxy) is 2. The molecule has 0 spiro atoms. The lowest BCUT2D eigenvalue weighted by atomic mass is 10.1. The topological polar surface area (TPSA) is 123 Å².